The van der Waals surface area contributed by atoms with Gasteiger partial charge in [0.2, 0.25) is 5.95 Å². The van der Waals surface area contributed by atoms with Gasteiger partial charge in [-0.15, -0.1) is 0 Å². The van der Waals surface area contributed by atoms with Crippen LogP contribution in [0.15, 0.2) is 6.33 Å². The first-order chi connectivity index (χ1) is 8.15. The Balaban J connectivity index is 2.15. The van der Waals surface area contributed by atoms with Gasteiger partial charge in [0.15, 0.2) is 17.0 Å². The van der Waals surface area contributed by atoms with Crippen LogP contribution in [-0.4, -0.2) is 39.7 Å². The van der Waals surface area contributed by atoms with Crippen molar-refractivity contribution in [3.63, 3.8) is 0 Å². The van der Waals surface area contributed by atoms with Crippen LogP contribution in [0.4, 0.5) is 11.8 Å². The molecular weight excluding hydrogens is 216 g/mol. The summed E-state index contributed by atoms with van der Waals surface area (Å²) in [4.78, 5) is 15.3. The summed E-state index contributed by atoms with van der Waals surface area (Å²) in [5, 5.41) is 3.41. The number of hydrogen-bond donors (Lipinski definition) is 1. The standard InChI is InChI=1S/C11H16N6/c1-16(2)11-14-9(13-7-4-5-7)8-10(15-11)17(3)6-12-8/h6-7H,4-5H2,1-3H3,(H,13,14,15). The molecule has 1 aliphatic rings. The van der Waals surface area contributed by atoms with E-state index in [4.69, 9.17) is 0 Å². The van der Waals surface area contributed by atoms with Crippen LogP contribution in [0, 0.1) is 0 Å². The molecule has 0 amide bonds. The molecule has 1 N–H and O–H groups in total. The fourth-order valence-electron chi connectivity index (χ4n) is 1.72. The summed E-state index contributed by atoms with van der Waals surface area (Å²) < 4.78 is 1.92. The Bertz CT molecular complexity index is 554. The highest BCUT2D eigenvalue weighted by atomic mass is 15.3. The second kappa shape index (κ2) is 3.58. The van der Waals surface area contributed by atoms with Gasteiger partial charge in [-0.05, 0) is 12.8 Å². The highest BCUT2D eigenvalue weighted by molar-refractivity contribution is 5.84. The van der Waals surface area contributed by atoms with Crippen LogP contribution >= 0.6 is 0 Å². The third-order valence-electron chi connectivity index (χ3n) is 2.87. The van der Waals surface area contributed by atoms with Crippen LogP contribution in [0.25, 0.3) is 11.2 Å². The van der Waals surface area contributed by atoms with Crippen molar-refractivity contribution in [2.45, 2.75) is 18.9 Å². The maximum atomic E-state index is 4.52. The van der Waals surface area contributed by atoms with Crippen molar-refractivity contribution >= 4 is 22.9 Å². The molecular formula is C11H16N6. The summed E-state index contributed by atoms with van der Waals surface area (Å²) in [7, 11) is 5.83. The zero-order chi connectivity index (χ0) is 12.0. The van der Waals surface area contributed by atoms with Crippen molar-refractivity contribution in [2.75, 3.05) is 24.3 Å². The Kier molecular flexibility index (Phi) is 2.17. The predicted octanol–water partition coefficient (Wildman–Crippen LogP) is 1.00. The van der Waals surface area contributed by atoms with Gasteiger partial charge in [0.25, 0.3) is 0 Å². The van der Waals surface area contributed by atoms with Crippen LogP contribution in [0.1, 0.15) is 12.8 Å². The summed E-state index contributed by atoms with van der Waals surface area (Å²) in [6.07, 6.45) is 4.21. The Morgan fingerprint density at radius 1 is 1.35 bits per heavy atom. The van der Waals surface area contributed by atoms with E-state index in [0.29, 0.717) is 12.0 Å². The molecule has 1 aliphatic carbocycles. The van der Waals surface area contributed by atoms with Crippen molar-refractivity contribution < 1.29 is 0 Å². The number of aromatic nitrogens is 4. The Hall–Kier alpha value is -1.85. The van der Waals surface area contributed by atoms with Crippen LogP contribution in [-0.2, 0) is 7.05 Å². The first-order valence-corrected chi connectivity index (χ1v) is 5.78. The second-order valence-electron chi connectivity index (χ2n) is 4.71. The molecule has 3 rings (SSSR count). The fraction of sp³-hybridized carbons (Fsp3) is 0.545. The molecule has 0 bridgehead atoms. The van der Waals surface area contributed by atoms with Crippen LogP contribution in [0.2, 0.25) is 0 Å². The van der Waals surface area contributed by atoms with Crippen molar-refractivity contribution in [1.82, 2.24) is 19.5 Å². The lowest BCUT2D eigenvalue weighted by molar-refractivity contribution is 0.918. The Morgan fingerprint density at radius 3 is 2.76 bits per heavy atom. The molecule has 1 fully saturated rings. The molecule has 0 atom stereocenters. The normalized spacial score (nSPS) is 15.2. The van der Waals surface area contributed by atoms with Gasteiger partial charge in [-0.2, -0.15) is 9.97 Å². The predicted molar refractivity (Wildman–Crippen MR) is 67.3 cm³/mol. The third-order valence-corrected chi connectivity index (χ3v) is 2.87. The average Bonchev–Trinajstić information content (AvgIpc) is 3.02. The topological polar surface area (TPSA) is 58.9 Å². The number of anilines is 2. The zero-order valence-electron chi connectivity index (χ0n) is 10.3. The highest BCUT2D eigenvalue weighted by Crippen LogP contribution is 2.28. The smallest absolute Gasteiger partial charge is 0.228 e. The lowest BCUT2D eigenvalue weighted by atomic mass is 10.4. The maximum absolute atomic E-state index is 4.52. The van der Waals surface area contributed by atoms with E-state index in [0.717, 1.165) is 17.0 Å². The summed E-state index contributed by atoms with van der Waals surface area (Å²) in [6.45, 7) is 0. The number of nitrogens with one attached hydrogen (secondary N) is 1. The quantitative estimate of drug-likeness (QED) is 0.855. The average molecular weight is 232 g/mol. The van der Waals surface area contributed by atoms with Gasteiger partial charge in [-0.1, -0.05) is 0 Å². The van der Waals surface area contributed by atoms with E-state index in [1.807, 2.05) is 30.6 Å². The molecule has 0 aromatic carbocycles. The third kappa shape index (κ3) is 1.79. The molecule has 2 heterocycles. The second-order valence-corrected chi connectivity index (χ2v) is 4.71. The van der Waals surface area contributed by atoms with Gasteiger partial charge in [0, 0.05) is 27.2 Å². The molecule has 90 valence electrons. The number of imidazole rings is 1. The van der Waals surface area contributed by atoms with Crippen LogP contribution < -0.4 is 10.2 Å². The van der Waals surface area contributed by atoms with E-state index in [-0.39, 0.29) is 0 Å². The minimum absolute atomic E-state index is 0.560. The summed E-state index contributed by atoms with van der Waals surface area (Å²) in [5.41, 5.74) is 1.72. The minimum Gasteiger partial charge on any atom is -0.365 e. The van der Waals surface area contributed by atoms with Crippen LogP contribution in [0.3, 0.4) is 0 Å². The van der Waals surface area contributed by atoms with Gasteiger partial charge in [0.1, 0.15) is 0 Å². The van der Waals surface area contributed by atoms with E-state index < -0.39 is 0 Å². The van der Waals surface area contributed by atoms with Crippen molar-refractivity contribution in [2.24, 2.45) is 7.05 Å². The molecule has 1 saturated carbocycles. The SMILES string of the molecule is CN(C)c1nc(NC2CC2)c2ncn(C)c2n1. The Labute approximate surface area is 99.7 Å². The summed E-state index contributed by atoms with van der Waals surface area (Å²) in [5.74, 6) is 1.56. The number of aryl methyl sites for hydroxylation is 1. The molecule has 2 aromatic heterocycles. The van der Waals surface area contributed by atoms with Crippen molar-refractivity contribution in [1.29, 1.82) is 0 Å². The van der Waals surface area contributed by atoms with Gasteiger partial charge < -0.3 is 14.8 Å². The number of hydrogen-bond acceptors (Lipinski definition) is 5. The molecule has 2 aromatic rings. The molecule has 0 saturated heterocycles. The van der Waals surface area contributed by atoms with E-state index in [1.54, 1.807) is 6.33 Å². The van der Waals surface area contributed by atoms with Crippen molar-refractivity contribution in [3.05, 3.63) is 6.33 Å². The number of rotatable bonds is 3. The van der Waals surface area contributed by atoms with Gasteiger partial charge in [-0.3, -0.25) is 0 Å². The summed E-state index contributed by atoms with van der Waals surface area (Å²) >= 11 is 0. The monoisotopic (exact) mass is 232 g/mol. The van der Waals surface area contributed by atoms with Crippen molar-refractivity contribution in [3.8, 4) is 0 Å². The summed E-state index contributed by atoms with van der Waals surface area (Å²) in [6, 6.07) is 0.560. The van der Waals surface area contributed by atoms with E-state index in [9.17, 15) is 0 Å². The minimum atomic E-state index is 0.560. The zero-order valence-corrected chi connectivity index (χ0v) is 10.3. The molecule has 6 heteroatoms. The lowest BCUT2D eigenvalue weighted by Crippen LogP contribution is -2.15. The molecule has 6 nitrogen and oxygen atoms in total. The highest BCUT2D eigenvalue weighted by Gasteiger charge is 2.24. The molecule has 0 spiro atoms. The van der Waals surface area contributed by atoms with Gasteiger partial charge in [-0.25, -0.2) is 4.98 Å². The van der Waals surface area contributed by atoms with Gasteiger partial charge >= 0.3 is 0 Å². The Morgan fingerprint density at radius 2 is 2.12 bits per heavy atom. The number of fused-ring (bicyclic) bond motifs is 1. The van der Waals surface area contributed by atoms with E-state index >= 15 is 0 Å². The molecule has 17 heavy (non-hydrogen) atoms. The molecule has 0 aliphatic heterocycles. The number of nitrogens with zero attached hydrogens (tertiary/aromatic N) is 5. The first-order valence-electron chi connectivity index (χ1n) is 5.78. The molecule has 0 unspecified atom stereocenters. The fourth-order valence-corrected chi connectivity index (χ4v) is 1.72. The van der Waals surface area contributed by atoms with E-state index in [1.165, 1.54) is 12.8 Å². The first kappa shape index (κ1) is 10.3. The van der Waals surface area contributed by atoms with Gasteiger partial charge in [0.05, 0.1) is 6.33 Å². The van der Waals surface area contributed by atoms with E-state index in [2.05, 4.69) is 20.3 Å². The largest absolute Gasteiger partial charge is 0.365 e. The molecule has 0 radical (unpaired) electrons. The van der Waals surface area contributed by atoms with Crippen LogP contribution in [0.5, 0.6) is 0 Å². The lowest BCUT2D eigenvalue weighted by Gasteiger charge is -2.12. The maximum Gasteiger partial charge on any atom is 0.228 e.